The Morgan fingerprint density at radius 1 is 1.19 bits per heavy atom. The molecule has 6 rings (SSSR count). The summed E-state index contributed by atoms with van der Waals surface area (Å²) >= 11 is 0. The van der Waals surface area contributed by atoms with Crippen LogP contribution in [0.25, 0.3) is 10.9 Å². The van der Waals surface area contributed by atoms with Gasteiger partial charge in [-0.15, -0.1) is 0 Å². The number of nitrogens with one attached hydrogen (secondary N) is 1. The van der Waals surface area contributed by atoms with Crippen molar-refractivity contribution in [1.29, 1.82) is 0 Å². The number of aliphatic hydroxyl groups excluding tert-OH is 1. The highest BCUT2D eigenvalue weighted by Crippen LogP contribution is 2.49. The number of nitrogens with zero attached hydrogens (tertiary/aromatic N) is 3. The molecular formula is C28H32N4O4. The molecule has 2 N–H and O–H groups in total. The molecular weight excluding hydrogens is 456 g/mol. The quantitative estimate of drug-likeness (QED) is 0.586. The molecule has 0 unspecified atom stereocenters. The number of aromatic amines is 1. The SMILES string of the molecule is COc1ccc2c3c([nH]c2c1)[C@H](CO)N(C(=O)c1ccccn1)CC31CCN(C(=O)C2CCC2)CC1. The molecule has 0 bridgehead atoms. The van der Waals surface area contributed by atoms with Gasteiger partial charge in [0.15, 0.2) is 0 Å². The van der Waals surface area contributed by atoms with Crippen LogP contribution in [0.3, 0.4) is 0 Å². The van der Waals surface area contributed by atoms with Crippen molar-refractivity contribution in [3.63, 3.8) is 0 Å². The molecule has 3 aliphatic rings. The van der Waals surface area contributed by atoms with E-state index in [-0.39, 0.29) is 29.8 Å². The molecule has 1 aromatic carbocycles. The number of aliphatic hydroxyl groups is 1. The highest BCUT2D eigenvalue weighted by atomic mass is 16.5. The van der Waals surface area contributed by atoms with Crippen LogP contribution in [0.2, 0.25) is 0 Å². The number of piperidine rings is 1. The number of likely N-dealkylation sites (tertiary alicyclic amines) is 1. The summed E-state index contributed by atoms with van der Waals surface area (Å²) in [5, 5.41) is 11.6. The van der Waals surface area contributed by atoms with Gasteiger partial charge in [0.25, 0.3) is 5.91 Å². The van der Waals surface area contributed by atoms with E-state index in [2.05, 4.69) is 16.0 Å². The molecule has 1 saturated carbocycles. The van der Waals surface area contributed by atoms with Crippen LogP contribution in [-0.2, 0) is 10.2 Å². The number of aromatic nitrogens is 2. The molecule has 1 spiro atoms. The summed E-state index contributed by atoms with van der Waals surface area (Å²) in [4.78, 5) is 38.3. The molecule has 2 amide bonds. The number of amides is 2. The van der Waals surface area contributed by atoms with E-state index in [0.717, 1.165) is 54.5 Å². The van der Waals surface area contributed by atoms with E-state index in [9.17, 15) is 14.7 Å². The Balaban J connectivity index is 1.43. The van der Waals surface area contributed by atoms with Crippen molar-refractivity contribution in [3.05, 3.63) is 59.5 Å². The fourth-order valence-electron chi connectivity index (χ4n) is 6.33. The molecule has 8 nitrogen and oxygen atoms in total. The molecule has 2 aliphatic heterocycles. The predicted molar refractivity (Wildman–Crippen MR) is 135 cm³/mol. The first kappa shape index (κ1) is 23.0. The van der Waals surface area contributed by atoms with Gasteiger partial charge in [-0.3, -0.25) is 14.6 Å². The first-order valence-electron chi connectivity index (χ1n) is 12.9. The van der Waals surface area contributed by atoms with Crippen LogP contribution in [0.4, 0.5) is 0 Å². The average Bonchev–Trinajstić information content (AvgIpc) is 3.27. The van der Waals surface area contributed by atoms with Crippen molar-refractivity contribution >= 4 is 22.7 Å². The Morgan fingerprint density at radius 2 is 2.00 bits per heavy atom. The summed E-state index contributed by atoms with van der Waals surface area (Å²) in [6.07, 6.45) is 6.29. The van der Waals surface area contributed by atoms with E-state index >= 15 is 0 Å². The van der Waals surface area contributed by atoms with Crippen molar-refractivity contribution in [3.8, 4) is 5.75 Å². The molecule has 1 aliphatic carbocycles. The van der Waals surface area contributed by atoms with Crippen LogP contribution in [0.5, 0.6) is 5.75 Å². The Hall–Kier alpha value is -3.39. The van der Waals surface area contributed by atoms with Crippen molar-refractivity contribution in [2.75, 3.05) is 33.4 Å². The second kappa shape index (κ2) is 8.92. The van der Waals surface area contributed by atoms with Crippen LogP contribution in [0.1, 0.15) is 59.9 Å². The third-order valence-corrected chi connectivity index (χ3v) is 8.55. The number of fused-ring (bicyclic) bond motifs is 4. The fourth-order valence-corrected chi connectivity index (χ4v) is 6.33. The number of carbonyl (C=O) groups excluding carboxylic acids is 2. The van der Waals surface area contributed by atoms with Crippen molar-refractivity contribution in [2.45, 2.75) is 43.6 Å². The smallest absolute Gasteiger partial charge is 0.273 e. The molecule has 8 heteroatoms. The summed E-state index contributed by atoms with van der Waals surface area (Å²) in [6.45, 7) is 1.63. The van der Waals surface area contributed by atoms with Crippen LogP contribution in [0, 0.1) is 5.92 Å². The fraction of sp³-hybridized carbons (Fsp3) is 0.464. The summed E-state index contributed by atoms with van der Waals surface area (Å²) in [6, 6.07) is 10.8. The van der Waals surface area contributed by atoms with Gasteiger partial charge in [-0.2, -0.15) is 0 Å². The zero-order valence-electron chi connectivity index (χ0n) is 20.6. The number of hydrogen-bond acceptors (Lipinski definition) is 5. The standard InChI is InChI=1S/C28H32N4O4/c1-36-19-8-9-20-22(15-19)30-25-23(16-33)32(27(35)21-7-2-3-12-29-21)17-28(24(20)25)10-13-31(14-11-28)26(34)18-5-4-6-18/h2-3,7-9,12,15,18,23,30,33H,4-6,10-11,13-14,16-17H2,1H3/t23-/m0/s1. The van der Waals surface area contributed by atoms with Crippen LogP contribution < -0.4 is 4.74 Å². The van der Waals surface area contributed by atoms with E-state index in [1.54, 1.807) is 36.4 Å². The minimum absolute atomic E-state index is 0.183. The first-order chi connectivity index (χ1) is 17.5. The van der Waals surface area contributed by atoms with Gasteiger partial charge in [-0.25, -0.2) is 0 Å². The van der Waals surface area contributed by atoms with E-state index in [4.69, 9.17) is 4.74 Å². The number of H-pyrrole nitrogens is 1. The van der Waals surface area contributed by atoms with Gasteiger partial charge >= 0.3 is 0 Å². The largest absolute Gasteiger partial charge is 0.497 e. The molecule has 3 aromatic rings. The summed E-state index contributed by atoms with van der Waals surface area (Å²) < 4.78 is 5.45. The highest BCUT2D eigenvalue weighted by Gasteiger charge is 2.49. The molecule has 1 saturated heterocycles. The Labute approximate surface area is 210 Å². The summed E-state index contributed by atoms with van der Waals surface area (Å²) in [5.41, 5.74) is 3.01. The maximum absolute atomic E-state index is 13.7. The predicted octanol–water partition coefficient (Wildman–Crippen LogP) is 3.42. The molecule has 2 fully saturated rings. The number of benzene rings is 1. The Kier molecular flexibility index (Phi) is 5.71. The van der Waals surface area contributed by atoms with Gasteiger partial charge in [0.2, 0.25) is 5.91 Å². The normalized spacial score (nSPS) is 21.3. The highest BCUT2D eigenvalue weighted by molar-refractivity contribution is 5.94. The molecule has 188 valence electrons. The number of hydrogen-bond donors (Lipinski definition) is 2. The van der Waals surface area contributed by atoms with Crippen molar-refractivity contribution in [1.82, 2.24) is 19.8 Å². The van der Waals surface area contributed by atoms with Crippen LogP contribution in [-0.4, -0.2) is 70.0 Å². The minimum Gasteiger partial charge on any atom is -0.497 e. The molecule has 1 atom stereocenters. The van der Waals surface area contributed by atoms with Crippen molar-refractivity contribution < 1.29 is 19.4 Å². The number of carbonyl (C=O) groups is 2. The van der Waals surface area contributed by atoms with E-state index in [1.807, 2.05) is 17.0 Å². The lowest BCUT2D eigenvalue weighted by molar-refractivity contribution is -0.140. The van der Waals surface area contributed by atoms with Crippen LogP contribution >= 0.6 is 0 Å². The Morgan fingerprint density at radius 3 is 2.64 bits per heavy atom. The lowest BCUT2D eigenvalue weighted by atomic mass is 9.68. The lowest BCUT2D eigenvalue weighted by Crippen LogP contribution is -2.56. The topological polar surface area (TPSA) is 98.8 Å². The van der Waals surface area contributed by atoms with Gasteiger partial charge in [0, 0.05) is 59.8 Å². The summed E-state index contributed by atoms with van der Waals surface area (Å²) in [7, 11) is 1.64. The first-order valence-corrected chi connectivity index (χ1v) is 12.9. The molecule has 36 heavy (non-hydrogen) atoms. The van der Waals surface area contributed by atoms with Gasteiger partial charge in [0.05, 0.1) is 19.8 Å². The maximum atomic E-state index is 13.7. The third kappa shape index (κ3) is 3.58. The van der Waals surface area contributed by atoms with Crippen molar-refractivity contribution in [2.24, 2.45) is 5.92 Å². The lowest BCUT2D eigenvalue weighted by Gasteiger charge is -2.50. The van der Waals surface area contributed by atoms with E-state index in [0.29, 0.717) is 25.3 Å². The maximum Gasteiger partial charge on any atom is 0.273 e. The van der Waals surface area contributed by atoms with Gasteiger partial charge in [0.1, 0.15) is 11.4 Å². The zero-order chi connectivity index (χ0) is 24.9. The average molecular weight is 489 g/mol. The summed E-state index contributed by atoms with van der Waals surface area (Å²) in [5.74, 6) is 1.02. The zero-order valence-corrected chi connectivity index (χ0v) is 20.6. The Bertz CT molecular complexity index is 1290. The third-order valence-electron chi connectivity index (χ3n) is 8.55. The number of methoxy groups -OCH3 is 1. The minimum atomic E-state index is -0.506. The number of ether oxygens (including phenoxy) is 1. The van der Waals surface area contributed by atoms with Gasteiger partial charge in [-0.1, -0.05) is 12.5 Å². The van der Waals surface area contributed by atoms with Gasteiger partial charge in [-0.05, 0) is 55.5 Å². The monoisotopic (exact) mass is 488 g/mol. The second-order valence-electron chi connectivity index (χ2n) is 10.4. The van der Waals surface area contributed by atoms with E-state index < -0.39 is 6.04 Å². The molecule has 2 aromatic heterocycles. The van der Waals surface area contributed by atoms with Gasteiger partial charge < -0.3 is 24.6 Å². The van der Waals surface area contributed by atoms with Crippen LogP contribution in [0.15, 0.2) is 42.6 Å². The second-order valence-corrected chi connectivity index (χ2v) is 10.4. The van der Waals surface area contributed by atoms with E-state index in [1.165, 1.54) is 5.56 Å². The number of rotatable bonds is 4. The number of pyridine rings is 1. The molecule has 4 heterocycles. The molecule has 0 radical (unpaired) electrons.